The zero-order valence-electron chi connectivity index (χ0n) is 6.77. The molecule has 0 unspecified atom stereocenters. The van der Waals surface area contributed by atoms with E-state index in [0.29, 0.717) is 10.8 Å². The number of aliphatic hydroxyl groups excluding tert-OH is 1. The molecule has 0 aromatic carbocycles. The predicted octanol–water partition coefficient (Wildman–Crippen LogP) is 0.511. The van der Waals surface area contributed by atoms with Crippen LogP contribution in [-0.4, -0.2) is 24.3 Å². The van der Waals surface area contributed by atoms with Crippen molar-refractivity contribution in [1.29, 1.82) is 0 Å². The lowest BCUT2D eigenvalue weighted by molar-refractivity contribution is -0.171. The maximum absolute atomic E-state index is 9.19. The predicted molar refractivity (Wildman–Crippen MR) is 42.2 cm³/mol. The van der Waals surface area contributed by atoms with Crippen molar-refractivity contribution in [1.82, 2.24) is 5.32 Å². The molecule has 62 valence electrons. The number of hydrogen-bond acceptors (Lipinski definition) is 2. The Kier molecular flexibility index (Phi) is 0.961. The average molecular weight is 153 g/mol. The van der Waals surface area contributed by atoms with Gasteiger partial charge in [0.05, 0.1) is 6.10 Å². The molecule has 1 aliphatic heterocycles. The highest BCUT2D eigenvalue weighted by Crippen LogP contribution is 2.65. The Morgan fingerprint density at radius 1 is 1.09 bits per heavy atom. The Bertz CT molecular complexity index is 182. The Balaban J connectivity index is 1.63. The topological polar surface area (TPSA) is 32.3 Å². The second kappa shape index (κ2) is 1.64. The van der Waals surface area contributed by atoms with Crippen LogP contribution >= 0.6 is 0 Å². The third-order valence-corrected chi connectivity index (χ3v) is 3.84. The molecule has 1 heterocycles. The second-order valence-corrected chi connectivity index (χ2v) is 5.02. The van der Waals surface area contributed by atoms with Crippen LogP contribution in [0.1, 0.15) is 25.7 Å². The Labute approximate surface area is 67.0 Å². The lowest BCUT2D eigenvalue weighted by Gasteiger charge is -2.66. The standard InChI is InChI=1S/C9H15NO/c11-7-1-8(2-7)3-9(4-8)5-10-6-9/h7,10-11H,1-6H2. The van der Waals surface area contributed by atoms with Crippen LogP contribution in [0.15, 0.2) is 0 Å². The van der Waals surface area contributed by atoms with Crippen LogP contribution in [0, 0.1) is 10.8 Å². The van der Waals surface area contributed by atoms with Gasteiger partial charge in [-0.2, -0.15) is 0 Å². The molecular weight excluding hydrogens is 138 g/mol. The maximum atomic E-state index is 9.19. The van der Waals surface area contributed by atoms with Crippen LogP contribution in [0.2, 0.25) is 0 Å². The first-order valence-corrected chi connectivity index (χ1v) is 4.61. The molecule has 0 aromatic heterocycles. The molecule has 2 aliphatic carbocycles. The summed E-state index contributed by atoms with van der Waals surface area (Å²) in [4.78, 5) is 0. The quantitative estimate of drug-likeness (QED) is 0.531. The molecule has 0 amide bonds. The largest absolute Gasteiger partial charge is 0.393 e. The van der Waals surface area contributed by atoms with Crippen molar-refractivity contribution < 1.29 is 5.11 Å². The van der Waals surface area contributed by atoms with Gasteiger partial charge in [-0.05, 0) is 36.5 Å². The van der Waals surface area contributed by atoms with Crippen LogP contribution in [0.4, 0.5) is 0 Å². The van der Waals surface area contributed by atoms with E-state index in [-0.39, 0.29) is 6.10 Å². The normalized spacial score (nSPS) is 37.9. The monoisotopic (exact) mass is 153 g/mol. The molecule has 2 saturated carbocycles. The summed E-state index contributed by atoms with van der Waals surface area (Å²) in [6.07, 6.45) is 5.01. The van der Waals surface area contributed by atoms with E-state index < -0.39 is 0 Å². The molecule has 0 radical (unpaired) electrons. The van der Waals surface area contributed by atoms with Crippen molar-refractivity contribution in [3.05, 3.63) is 0 Å². The minimum atomic E-state index is 0.0420. The molecule has 0 bridgehead atoms. The van der Waals surface area contributed by atoms with E-state index in [1.807, 2.05) is 0 Å². The van der Waals surface area contributed by atoms with E-state index in [2.05, 4.69) is 5.32 Å². The molecule has 3 fully saturated rings. The number of nitrogens with one attached hydrogen (secondary N) is 1. The number of hydrogen-bond donors (Lipinski definition) is 2. The fourth-order valence-electron chi connectivity index (χ4n) is 3.50. The molecule has 3 rings (SSSR count). The van der Waals surface area contributed by atoms with E-state index in [0.717, 1.165) is 12.8 Å². The summed E-state index contributed by atoms with van der Waals surface area (Å²) >= 11 is 0. The van der Waals surface area contributed by atoms with Crippen molar-refractivity contribution in [2.45, 2.75) is 31.8 Å². The van der Waals surface area contributed by atoms with Gasteiger partial charge in [-0.15, -0.1) is 0 Å². The maximum Gasteiger partial charge on any atom is 0.0550 e. The summed E-state index contributed by atoms with van der Waals surface area (Å²) in [5.74, 6) is 0. The molecule has 0 atom stereocenters. The zero-order chi connectivity index (χ0) is 7.53. The minimum Gasteiger partial charge on any atom is -0.393 e. The van der Waals surface area contributed by atoms with Crippen LogP contribution in [0.5, 0.6) is 0 Å². The lowest BCUT2D eigenvalue weighted by Crippen LogP contribution is -2.67. The van der Waals surface area contributed by atoms with Crippen molar-refractivity contribution in [3.63, 3.8) is 0 Å². The third-order valence-electron chi connectivity index (χ3n) is 3.84. The Morgan fingerprint density at radius 3 is 2.09 bits per heavy atom. The molecule has 11 heavy (non-hydrogen) atoms. The highest BCUT2D eigenvalue weighted by Gasteiger charge is 2.61. The van der Waals surface area contributed by atoms with E-state index in [1.165, 1.54) is 25.9 Å². The summed E-state index contributed by atoms with van der Waals surface area (Å²) in [5, 5.41) is 12.5. The SMILES string of the molecule is OC1CC2(C1)CC1(CNC1)C2. The summed E-state index contributed by atoms with van der Waals surface area (Å²) in [5.41, 5.74) is 1.31. The molecule has 0 aromatic rings. The highest BCUT2D eigenvalue weighted by atomic mass is 16.3. The first-order chi connectivity index (χ1) is 5.22. The van der Waals surface area contributed by atoms with E-state index >= 15 is 0 Å². The summed E-state index contributed by atoms with van der Waals surface area (Å²) in [7, 11) is 0. The zero-order valence-corrected chi connectivity index (χ0v) is 6.77. The van der Waals surface area contributed by atoms with Crippen molar-refractivity contribution in [2.24, 2.45) is 10.8 Å². The van der Waals surface area contributed by atoms with Crippen LogP contribution in [0.3, 0.4) is 0 Å². The van der Waals surface area contributed by atoms with Crippen molar-refractivity contribution in [3.8, 4) is 0 Å². The molecule has 2 spiro atoms. The summed E-state index contributed by atoms with van der Waals surface area (Å²) < 4.78 is 0. The van der Waals surface area contributed by atoms with Gasteiger partial charge in [0.25, 0.3) is 0 Å². The van der Waals surface area contributed by atoms with Gasteiger partial charge in [0.15, 0.2) is 0 Å². The van der Waals surface area contributed by atoms with Crippen LogP contribution in [0.25, 0.3) is 0 Å². The molecular formula is C9H15NO. The second-order valence-electron chi connectivity index (χ2n) is 5.02. The van der Waals surface area contributed by atoms with Crippen LogP contribution in [-0.2, 0) is 0 Å². The fraction of sp³-hybridized carbons (Fsp3) is 1.00. The highest BCUT2D eigenvalue weighted by molar-refractivity contribution is 5.14. The minimum absolute atomic E-state index is 0.0420. The van der Waals surface area contributed by atoms with Crippen molar-refractivity contribution in [2.75, 3.05) is 13.1 Å². The van der Waals surface area contributed by atoms with Crippen LogP contribution < -0.4 is 5.32 Å². The first-order valence-electron chi connectivity index (χ1n) is 4.61. The van der Waals surface area contributed by atoms with Gasteiger partial charge in [-0.1, -0.05) is 0 Å². The lowest BCUT2D eigenvalue weighted by atomic mass is 9.43. The van der Waals surface area contributed by atoms with E-state index in [9.17, 15) is 5.11 Å². The molecule has 2 nitrogen and oxygen atoms in total. The fourth-order valence-corrected chi connectivity index (χ4v) is 3.50. The Morgan fingerprint density at radius 2 is 1.73 bits per heavy atom. The van der Waals surface area contributed by atoms with Gasteiger partial charge < -0.3 is 10.4 Å². The summed E-state index contributed by atoms with van der Waals surface area (Å²) in [6.45, 7) is 2.48. The molecule has 3 aliphatic rings. The average Bonchev–Trinajstić information content (AvgIpc) is 1.69. The smallest absolute Gasteiger partial charge is 0.0550 e. The molecule has 2 heteroatoms. The first kappa shape index (κ1) is 6.44. The van der Waals surface area contributed by atoms with Gasteiger partial charge in [0, 0.05) is 13.1 Å². The van der Waals surface area contributed by atoms with Gasteiger partial charge in [0.1, 0.15) is 0 Å². The van der Waals surface area contributed by atoms with Gasteiger partial charge >= 0.3 is 0 Å². The number of rotatable bonds is 0. The summed E-state index contributed by atoms with van der Waals surface area (Å²) in [6, 6.07) is 0. The third kappa shape index (κ3) is 0.695. The Hall–Kier alpha value is -0.0800. The van der Waals surface area contributed by atoms with Gasteiger partial charge in [-0.25, -0.2) is 0 Å². The molecule has 2 N–H and O–H groups in total. The van der Waals surface area contributed by atoms with Crippen molar-refractivity contribution >= 4 is 0 Å². The van der Waals surface area contributed by atoms with E-state index in [4.69, 9.17) is 0 Å². The van der Waals surface area contributed by atoms with Gasteiger partial charge in [0.2, 0.25) is 0 Å². The molecule has 1 saturated heterocycles. The number of aliphatic hydroxyl groups is 1. The van der Waals surface area contributed by atoms with Gasteiger partial charge in [-0.3, -0.25) is 0 Å². The van der Waals surface area contributed by atoms with E-state index in [1.54, 1.807) is 0 Å².